The van der Waals surface area contributed by atoms with Crippen molar-refractivity contribution in [3.8, 4) is 0 Å². The summed E-state index contributed by atoms with van der Waals surface area (Å²) in [5, 5.41) is 5.08. The van der Waals surface area contributed by atoms with Crippen LogP contribution < -0.4 is 10.6 Å². The number of carbonyl (C=O) groups excluding carboxylic acids is 2. The SMILES string of the molecule is O=C(CCCNC(=O)c1ccc(F)cc1F)NC1CCS(=O)(=O)C1. The molecule has 1 atom stereocenters. The predicted molar refractivity (Wildman–Crippen MR) is 83.1 cm³/mol. The molecule has 1 saturated heterocycles. The number of nitrogens with one attached hydrogen (secondary N) is 2. The molecule has 2 amide bonds. The Morgan fingerprint density at radius 3 is 2.62 bits per heavy atom. The molecule has 0 radical (unpaired) electrons. The minimum absolute atomic E-state index is 0.0423. The van der Waals surface area contributed by atoms with E-state index in [0.29, 0.717) is 18.9 Å². The van der Waals surface area contributed by atoms with Crippen LogP contribution in [-0.4, -0.2) is 44.3 Å². The number of halogens is 2. The summed E-state index contributed by atoms with van der Waals surface area (Å²) in [6.45, 7) is 0.145. The van der Waals surface area contributed by atoms with Gasteiger partial charge >= 0.3 is 0 Å². The molecule has 1 aliphatic rings. The zero-order valence-corrected chi connectivity index (χ0v) is 13.7. The van der Waals surface area contributed by atoms with E-state index in [1.165, 1.54) is 0 Å². The van der Waals surface area contributed by atoms with E-state index in [0.717, 1.165) is 12.1 Å². The maximum Gasteiger partial charge on any atom is 0.254 e. The van der Waals surface area contributed by atoms with Gasteiger partial charge in [-0.15, -0.1) is 0 Å². The summed E-state index contributed by atoms with van der Waals surface area (Å²) in [4.78, 5) is 23.4. The molecule has 1 fully saturated rings. The average molecular weight is 360 g/mol. The summed E-state index contributed by atoms with van der Waals surface area (Å²) in [7, 11) is -3.05. The molecule has 0 aliphatic carbocycles. The Hall–Kier alpha value is -2.03. The standard InChI is InChI=1S/C15H18F2N2O4S/c16-10-3-4-12(13(17)8-10)15(21)18-6-1-2-14(20)19-11-5-7-24(22,23)9-11/h3-4,8,11H,1-2,5-7,9H2,(H,18,21)(H,19,20). The fourth-order valence-corrected chi connectivity index (χ4v) is 4.10. The first kappa shape index (κ1) is 18.3. The fourth-order valence-electron chi connectivity index (χ4n) is 2.43. The summed E-state index contributed by atoms with van der Waals surface area (Å²) >= 11 is 0. The topological polar surface area (TPSA) is 92.3 Å². The van der Waals surface area contributed by atoms with Gasteiger partial charge in [0.25, 0.3) is 5.91 Å². The number of hydrogen-bond donors (Lipinski definition) is 2. The highest BCUT2D eigenvalue weighted by molar-refractivity contribution is 7.91. The van der Waals surface area contributed by atoms with E-state index in [-0.39, 0.29) is 42.0 Å². The minimum Gasteiger partial charge on any atom is -0.352 e. The lowest BCUT2D eigenvalue weighted by Gasteiger charge is -2.11. The molecular formula is C15H18F2N2O4S. The van der Waals surface area contributed by atoms with Crippen LogP contribution in [0.5, 0.6) is 0 Å². The average Bonchev–Trinajstić information content (AvgIpc) is 2.82. The second kappa shape index (κ2) is 7.69. The zero-order valence-electron chi connectivity index (χ0n) is 12.8. The zero-order chi connectivity index (χ0) is 17.7. The van der Waals surface area contributed by atoms with Gasteiger partial charge in [0, 0.05) is 25.1 Å². The molecule has 2 rings (SSSR count). The second-order valence-electron chi connectivity index (χ2n) is 5.65. The highest BCUT2D eigenvalue weighted by Gasteiger charge is 2.28. The maximum absolute atomic E-state index is 13.4. The van der Waals surface area contributed by atoms with Crippen LogP contribution in [0.1, 0.15) is 29.6 Å². The molecule has 6 nitrogen and oxygen atoms in total. The fraction of sp³-hybridized carbons (Fsp3) is 0.467. The van der Waals surface area contributed by atoms with Crippen molar-refractivity contribution in [1.29, 1.82) is 0 Å². The molecule has 2 N–H and O–H groups in total. The molecule has 1 aliphatic heterocycles. The van der Waals surface area contributed by atoms with Crippen LogP contribution in [0.15, 0.2) is 18.2 Å². The molecular weight excluding hydrogens is 342 g/mol. The van der Waals surface area contributed by atoms with Gasteiger partial charge < -0.3 is 10.6 Å². The number of carbonyl (C=O) groups is 2. The van der Waals surface area contributed by atoms with E-state index in [1.54, 1.807) is 0 Å². The Morgan fingerprint density at radius 1 is 1.25 bits per heavy atom. The molecule has 1 unspecified atom stereocenters. The first-order valence-electron chi connectivity index (χ1n) is 7.50. The Kier molecular flexibility index (Phi) is 5.87. The lowest BCUT2D eigenvalue weighted by atomic mass is 10.2. The molecule has 9 heteroatoms. The van der Waals surface area contributed by atoms with Crippen LogP contribution in [0.2, 0.25) is 0 Å². The lowest BCUT2D eigenvalue weighted by molar-refractivity contribution is -0.121. The summed E-state index contributed by atoms with van der Waals surface area (Å²) < 4.78 is 48.8. The van der Waals surface area contributed by atoms with Crippen LogP contribution in [0, 0.1) is 11.6 Å². The monoisotopic (exact) mass is 360 g/mol. The van der Waals surface area contributed by atoms with Crippen molar-refractivity contribution in [2.24, 2.45) is 0 Å². The van der Waals surface area contributed by atoms with E-state index in [4.69, 9.17) is 0 Å². The van der Waals surface area contributed by atoms with Crippen LogP contribution in [0.25, 0.3) is 0 Å². The predicted octanol–water partition coefficient (Wildman–Crippen LogP) is 0.778. The van der Waals surface area contributed by atoms with Crippen LogP contribution >= 0.6 is 0 Å². The van der Waals surface area contributed by atoms with Crippen LogP contribution in [0.3, 0.4) is 0 Å². The first-order chi connectivity index (χ1) is 11.3. The van der Waals surface area contributed by atoms with Crippen molar-refractivity contribution < 1.29 is 26.8 Å². The molecule has 0 bridgehead atoms. The Labute approximate surface area is 138 Å². The highest BCUT2D eigenvalue weighted by Crippen LogP contribution is 2.11. The van der Waals surface area contributed by atoms with E-state index >= 15 is 0 Å². The summed E-state index contributed by atoms with van der Waals surface area (Å²) in [5.41, 5.74) is -0.267. The lowest BCUT2D eigenvalue weighted by Crippen LogP contribution is -2.36. The van der Waals surface area contributed by atoms with Gasteiger partial charge in [0.05, 0.1) is 17.1 Å². The molecule has 0 spiro atoms. The van der Waals surface area contributed by atoms with Crippen molar-refractivity contribution in [2.75, 3.05) is 18.1 Å². The molecule has 0 aromatic heterocycles. The number of sulfone groups is 1. The molecule has 24 heavy (non-hydrogen) atoms. The van der Waals surface area contributed by atoms with E-state index in [1.807, 2.05) is 0 Å². The van der Waals surface area contributed by atoms with Gasteiger partial charge in [-0.05, 0) is 25.0 Å². The number of hydrogen-bond acceptors (Lipinski definition) is 4. The van der Waals surface area contributed by atoms with Crippen molar-refractivity contribution in [2.45, 2.75) is 25.3 Å². The smallest absolute Gasteiger partial charge is 0.254 e. The third kappa shape index (κ3) is 5.26. The van der Waals surface area contributed by atoms with Crippen molar-refractivity contribution in [3.05, 3.63) is 35.4 Å². The van der Waals surface area contributed by atoms with Gasteiger partial charge in [-0.2, -0.15) is 0 Å². The quantitative estimate of drug-likeness (QED) is 0.733. The van der Waals surface area contributed by atoms with Crippen LogP contribution in [0.4, 0.5) is 8.78 Å². The van der Waals surface area contributed by atoms with Crippen molar-refractivity contribution in [1.82, 2.24) is 10.6 Å². The number of benzene rings is 1. The Bertz CT molecular complexity index is 737. The maximum atomic E-state index is 13.4. The molecule has 1 aromatic carbocycles. The minimum atomic E-state index is -3.05. The summed E-state index contributed by atoms with van der Waals surface area (Å²) in [6.07, 6.45) is 0.844. The van der Waals surface area contributed by atoms with Gasteiger partial charge in [-0.1, -0.05) is 0 Å². The largest absolute Gasteiger partial charge is 0.352 e. The van der Waals surface area contributed by atoms with E-state index in [9.17, 15) is 26.8 Å². The van der Waals surface area contributed by atoms with Crippen molar-refractivity contribution in [3.63, 3.8) is 0 Å². The van der Waals surface area contributed by atoms with Crippen molar-refractivity contribution >= 4 is 21.7 Å². The van der Waals surface area contributed by atoms with Gasteiger partial charge in [-0.3, -0.25) is 9.59 Å². The van der Waals surface area contributed by atoms with Gasteiger partial charge in [0.15, 0.2) is 9.84 Å². The van der Waals surface area contributed by atoms with E-state index < -0.39 is 27.4 Å². The normalized spacial score (nSPS) is 19.0. The van der Waals surface area contributed by atoms with Gasteiger partial charge in [0.2, 0.25) is 5.91 Å². The van der Waals surface area contributed by atoms with Gasteiger partial charge in [0.1, 0.15) is 11.6 Å². The van der Waals surface area contributed by atoms with E-state index in [2.05, 4.69) is 10.6 Å². The second-order valence-corrected chi connectivity index (χ2v) is 7.88. The molecule has 1 aromatic rings. The highest BCUT2D eigenvalue weighted by atomic mass is 32.2. The summed E-state index contributed by atoms with van der Waals surface area (Å²) in [6, 6.07) is 2.30. The molecule has 0 saturated carbocycles. The number of amides is 2. The Balaban J connectivity index is 1.69. The first-order valence-corrected chi connectivity index (χ1v) is 9.32. The third-order valence-electron chi connectivity index (χ3n) is 3.64. The molecule has 1 heterocycles. The summed E-state index contributed by atoms with van der Waals surface area (Å²) in [5.74, 6) is -2.66. The molecule has 132 valence electrons. The third-order valence-corrected chi connectivity index (χ3v) is 5.41. The van der Waals surface area contributed by atoms with Crippen LogP contribution in [-0.2, 0) is 14.6 Å². The number of rotatable bonds is 6. The Morgan fingerprint density at radius 2 is 2.00 bits per heavy atom. The van der Waals surface area contributed by atoms with Gasteiger partial charge in [-0.25, -0.2) is 17.2 Å².